The summed E-state index contributed by atoms with van der Waals surface area (Å²) in [6.45, 7) is 1.73. The van der Waals surface area contributed by atoms with E-state index in [-0.39, 0.29) is 11.2 Å². The van der Waals surface area contributed by atoms with Crippen molar-refractivity contribution in [3.63, 3.8) is 0 Å². The number of benzene rings is 1. The molecule has 1 aromatic carbocycles. The standard InChI is InChI=1S/C12H10Br2ClN3O2/c1-5-10(16)11(18-12(15)17-5)20-9-4-6(13)8(19-2)3-7(9)14/h3-4H,16H2,1-2H3. The number of nitrogen functional groups attached to an aromatic ring is 1. The van der Waals surface area contributed by atoms with Gasteiger partial charge in [0.15, 0.2) is 0 Å². The minimum Gasteiger partial charge on any atom is -0.496 e. The normalized spacial score (nSPS) is 10.4. The van der Waals surface area contributed by atoms with E-state index in [2.05, 4.69) is 41.8 Å². The zero-order chi connectivity index (χ0) is 14.9. The maximum atomic E-state index is 5.88. The molecule has 2 rings (SSSR count). The molecule has 0 unspecified atom stereocenters. The van der Waals surface area contributed by atoms with Crippen LogP contribution in [0.25, 0.3) is 0 Å². The number of ether oxygens (including phenoxy) is 2. The van der Waals surface area contributed by atoms with Crippen LogP contribution in [0.5, 0.6) is 17.4 Å². The summed E-state index contributed by atoms with van der Waals surface area (Å²) in [5.74, 6) is 1.41. The molecule has 0 spiro atoms. The molecule has 2 aromatic rings. The van der Waals surface area contributed by atoms with E-state index in [9.17, 15) is 0 Å². The largest absolute Gasteiger partial charge is 0.496 e. The van der Waals surface area contributed by atoms with E-state index >= 15 is 0 Å². The van der Waals surface area contributed by atoms with Crippen LogP contribution in [0.2, 0.25) is 5.28 Å². The molecule has 0 amide bonds. The lowest BCUT2D eigenvalue weighted by atomic mass is 10.3. The molecule has 0 atom stereocenters. The molecular formula is C12H10Br2ClN3O2. The second kappa shape index (κ2) is 6.15. The summed E-state index contributed by atoms with van der Waals surface area (Å²) >= 11 is 12.6. The van der Waals surface area contributed by atoms with Crippen molar-refractivity contribution in [3.05, 3.63) is 32.1 Å². The lowest BCUT2D eigenvalue weighted by molar-refractivity contribution is 0.408. The van der Waals surface area contributed by atoms with Crippen molar-refractivity contribution in [1.29, 1.82) is 0 Å². The van der Waals surface area contributed by atoms with Crippen LogP contribution >= 0.6 is 43.5 Å². The summed E-state index contributed by atoms with van der Waals surface area (Å²) in [7, 11) is 1.58. The molecule has 0 bridgehead atoms. The molecule has 5 nitrogen and oxygen atoms in total. The SMILES string of the molecule is COc1cc(Br)c(Oc2nc(Cl)nc(C)c2N)cc1Br. The van der Waals surface area contributed by atoms with E-state index in [1.165, 1.54) is 0 Å². The predicted octanol–water partition coefficient (Wildman–Crippen LogP) is 4.35. The van der Waals surface area contributed by atoms with E-state index in [4.69, 9.17) is 26.8 Å². The summed E-state index contributed by atoms with van der Waals surface area (Å²) in [5, 5.41) is 0.0791. The van der Waals surface area contributed by atoms with Gasteiger partial charge in [-0.05, 0) is 62.5 Å². The first-order chi connectivity index (χ1) is 9.42. The predicted molar refractivity (Wildman–Crippen MR) is 84.7 cm³/mol. The first-order valence-electron chi connectivity index (χ1n) is 5.43. The second-order valence-corrected chi connectivity index (χ2v) is 5.86. The number of anilines is 1. The zero-order valence-corrected chi connectivity index (χ0v) is 14.5. The Morgan fingerprint density at radius 3 is 2.40 bits per heavy atom. The van der Waals surface area contributed by atoms with Gasteiger partial charge in [0.2, 0.25) is 11.2 Å². The van der Waals surface area contributed by atoms with Gasteiger partial charge in [0, 0.05) is 0 Å². The number of hydrogen-bond donors (Lipinski definition) is 1. The average molecular weight is 423 g/mol. The fraction of sp³-hybridized carbons (Fsp3) is 0.167. The van der Waals surface area contributed by atoms with Gasteiger partial charge in [-0.15, -0.1) is 0 Å². The van der Waals surface area contributed by atoms with Gasteiger partial charge in [0.25, 0.3) is 0 Å². The number of hydrogen-bond acceptors (Lipinski definition) is 5. The molecule has 0 aliphatic heterocycles. The van der Waals surface area contributed by atoms with Crippen LogP contribution in [0, 0.1) is 6.92 Å². The Labute approximate surface area is 137 Å². The fourth-order valence-electron chi connectivity index (χ4n) is 1.45. The summed E-state index contributed by atoms with van der Waals surface area (Å²) in [4.78, 5) is 7.93. The van der Waals surface area contributed by atoms with Gasteiger partial charge >= 0.3 is 0 Å². The highest BCUT2D eigenvalue weighted by Gasteiger charge is 2.14. The van der Waals surface area contributed by atoms with Crippen LogP contribution in [0.15, 0.2) is 21.1 Å². The molecule has 0 radical (unpaired) electrons. The molecule has 2 N–H and O–H groups in total. The van der Waals surface area contributed by atoms with Gasteiger partial charge in [0.05, 0.1) is 21.7 Å². The van der Waals surface area contributed by atoms with Crippen molar-refractivity contribution >= 4 is 49.1 Å². The van der Waals surface area contributed by atoms with E-state index in [1.807, 2.05) is 0 Å². The van der Waals surface area contributed by atoms with Gasteiger partial charge in [-0.25, -0.2) is 4.98 Å². The minimum atomic E-state index is 0.0791. The monoisotopic (exact) mass is 421 g/mol. The first kappa shape index (κ1) is 15.3. The molecule has 8 heteroatoms. The van der Waals surface area contributed by atoms with Gasteiger partial charge in [-0.3, -0.25) is 0 Å². The number of nitrogens with two attached hydrogens (primary N) is 1. The van der Waals surface area contributed by atoms with E-state index in [1.54, 1.807) is 26.2 Å². The molecular weight excluding hydrogens is 413 g/mol. The van der Waals surface area contributed by atoms with Gasteiger partial charge in [-0.1, -0.05) is 0 Å². The van der Waals surface area contributed by atoms with E-state index in [0.29, 0.717) is 27.4 Å². The maximum Gasteiger partial charge on any atom is 0.247 e. The third-order valence-electron chi connectivity index (χ3n) is 2.49. The molecule has 106 valence electrons. The Bertz CT molecular complexity index is 668. The summed E-state index contributed by atoms with van der Waals surface area (Å²) in [6.07, 6.45) is 0. The molecule has 0 saturated carbocycles. The summed E-state index contributed by atoms with van der Waals surface area (Å²) < 4.78 is 12.3. The Balaban J connectivity index is 2.43. The van der Waals surface area contributed by atoms with Crippen LogP contribution in [-0.2, 0) is 0 Å². The Morgan fingerprint density at radius 1 is 1.15 bits per heavy atom. The van der Waals surface area contributed by atoms with E-state index in [0.717, 1.165) is 4.47 Å². The summed E-state index contributed by atoms with van der Waals surface area (Å²) in [5.41, 5.74) is 6.78. The van der Waals surface area contributed by atoms with Gasteiger partial charge in [0.1, 0.15) is 17.2 Å². The number of aryl methyl sites for hydroxylation is 1. The van der Waals surface area contributed by atoms with Crippen molar-refractivity contribution < 1.29 is 9.47 Å². The topological polar surface area (TPSA) is 70.3 Å². The third kappa shape index (κ3) is 3.16. The number of methoxy groups -OCH3 is 1. The van der Waals surface area contributed by atoms with Crippen molar-refractivity contribution in [3.8, 4) is 17.4 Å². The lowest BCUT2D eigenvalue weighted by Gasteiger charge is -2.12. The van der Waals surface area contributed by atoms with Gasteiger partial charge in [-0.2, -0.15) is 4.98 Å². The Kier molecular flexibility index (Phi) is 4.72. The lowest BCUT2D eigenvalue weighted by Crippen LogP contribution is -2.01. The second-order valence-electron chi connectivity index (χ2n) is 3.82. The number of halogens is 3. The fourth-order valence-corrected chi connectivity index (χ4v) is 2.54. The highest BCUT2D eigenvalue weighted by Crippen LogP contribution is 2.39. The first-order valence-corrected chi connectivity index (χ1v) is 7.39. The van der Waals surface area contributed by atoms with Crippen molar-refractivity contribution in [2.75, 3.05) is 12.8 Å². The smallest absolute Gasteiger partial charge is 0.247 e. The van der Waals surface area contributed by atoms with Crippen LogP contribution in [0.4, 0.5) is 5.69 Å². The Morgan fingerprint density at radius 2 is 1.75 bits per heavy atom. The zero-order valence-electron chi connectivity index (χ0n) is 10.6. The molecule has 1 heterocycles. The highest BCUT2D eigenvalue weighted by atomic mass is 79.9. The van der Waals surface area contributed by atoms with Crippen LogP contribution in [0.3, 0.4) is 0 Å². The van der Waals surface area contributed by atoms with Crippen molar-refractivity contribution in [1.82, 2.24) is 9.97 Å². The molecule has 20 heavy (non-hydrogen) atoms. The van der Waals surface area contributed by atoms with Crippen molar-refractivity contribution in [2.24, 2.45) is 0 Å². The van der Waals surface area contributed by atoms with Crippen LogP contribution in [-0.4, -0.2) is 17.1 Å². The molecule has 1 aromatic heterocycles. The molecule has 0 aliphatic carbocycles. The molecule has 0 saturated heterocycles. The third-order valence-corrected chi connectivity index (χ3v) is 3.90. The van der Waals surface area contributed by atoms with Crippen molar-refractivity contribution in [2.45, 2.75) is 6.92 Å². The molecule has 0 fully saturated rings. The van der Waals surface area contributed by atoms with Crippen LogP contribution in [0.1, 0.15) is 5.69 Å². The van der Waals surface area contributed by atoms with Crippen LogP contribution < -0.4 is 15.2 Å². The quantitative estimate of drug-likeness (QED) is 0.744. The minimum absolute atomic E-state index is 0.0791. The Hall–Kier alpha value is -1.05. The number of rotatable bonds is 3. The number of aromatic nitrogens is 2. The average Bonchev–Trinajstić information content (AvgIpc) is 2.39. The summed E-state index contributed by atoms with van der Waals surface area (Å²) in [6, 6.07) is 3.51. The highest BCUT2D eigenvalue weighted by molar-refractivity contribution is 9.11. The van der Waals surface area contributed by atoms with E-state index < -0.39 is 0 Å². The molecule has 0 aliphatic rings. The number of nitrogens with zero attached hydrogens (tertiary/aromatic N) is 2. The maximum absolute atomic E-state index is 5.88. The van der Waals surface area contributed by atoms with Gasteiger partial charge < -0.3 is 15.2 Å².